The molecule has 1 heterocycles. The summed E-state index contributed by atoms with van der Waals surface area (Å²) in [5.74, 6) is 7.17. The van der Waals surface area contributed by atoms with Crippen LogP contribution < -0.4 is 0 Å². The van der Waals surface area contributed by atoms with Gasteiger partial charge >= 0.3 is 0 Å². The van der Waals surface area contributed by atoms with Gasteiger partial charge < -0.3 is 5.53 Å². The molecule has 0 aromatic heterocycles. The van der Waals surface area contributed by atoms with Gasteiger partial charge in [-0.05, 0) is 87.8 Å². The zero-order valence-electron chi connectivity index (χ0n) is 29.1. The van der Waals surface area contributed by atoms with Crippen molar-refractivity contribution in [2.24, 2.45) is 0 Å². The molecule has 44 heavy (non-hydrogen) atoms. The maximum Gasteiger partial charge on any atom is 0.223 e. The second-order valence-electron chi connectivity index (χ2n) is 13.1. The summed E-state index contributed by atoms with van der Waals surface area (Å²) in [7, 11) is 0. The van der Waals surface area contributed by atoms with Crippen molar-refractivity contribution in [1.29, 1.82) is 0 Å². The van der Waals surface area contributed by atoms with E-state index < -0.39 is 0 Å². The molecule has 2 nitrogen and oxygen atoms in total. The normalized spacial score (nSPS) is 13.2. The number of hydrogen-bond acceptors (Lipinski definition) is 0. The Morgan fingerprint density at radius 3 is 1.61 bits per heavy atom. The monoisotopic (exact) mass is 592 g/mol. The molecule has 0 fully saturated rings. The number of nitrogens with zero attached hydrogens (tertiary/aromatic N) is 2. The third-order valence-electron chi connectivity index (χ3n) is 8.93. The Morgan fingerprint density at radius 2 is 1.07 bits per heavy atom. The minimum Gasteiger partial charge on any atom is -0.493 e. The average molecular weight is 593 g/mol. The molecule has 0 radical (unpaired) electrons. The van der Waals surface area contributed by atoms with Gasteiger partial charge in [0.2, 0.25) is 11.4 Å². The Hall–Kier alpha value is -2.92. The van der Waals surface area contributed by atoms with Gasteiger partial charge in [-0.1, -0.05) is 133 Å². The summed E-state index contributed by atoms with van der Waals surface area (Å²) in [6, 6.07) is 13.7. The molecule has 0 aliphatic carbocycles. The Morgan fingerprint density at radius 1 is 0.568 bits per heavy atom. The molecule has 1 aliphatic heterocycles. The molecular formula is C42H60N2. The lowest BCUT2D eigenvalue weighted by atomic mass is 9.94. The standard InChI is InChI=1S/C42H60N2/c1-7-11-14-17-18-19-20-23-26-40-39(10-4)41(37-28-33(5)27-34(6)29-37)44(43)42(40)38-31-35(24-21-15-12-8-2)30-36(32-38)25-22-16-13-9-3/h27-32H,7-22,24-25H2,1-6H3. The molecule has 0 unspecified atom stereocenters. The van der Waals surface area contributed by atoms with Crippen molar-refractivity contribution < 1.29 is 4.70 Å². The largest absolute Gasteiger partial charge is 0.493 e. The van der Waals surface area contributed by atoms with Gasteiger partial charge in [0, 0.05) is 23.1 Å². The van der Waals surface area contributed by atoms with Gasteiger partial charge in [0.05, 0.1) is 0 Å². The van der Waals surface area contributed by atoms with Crippen LogP contribution in [0.25, 0.3) is 16.9 Å². The van der Waals surface area contributed by atoms with Gasteiger partial charge in [-0.2, -0.15) is 0 Å². The van der Waals surface area contributed by atoms with Crippen molar-refractivity contribution in [3.05, 3.63) is 86.5 Å². The molecule has 0 atom stereocenters. The average Bonchev–Trinajstić information content (AvgIpc) is 3.29. The smallest absolute Gasteiger partial charge is 0.223 e. The molecule has 0 spiro atoms. The van der Waals surface area contributed by atoms with E-state index in [9.17, 15) is 5.53 Å². The highest BCUT2D eigenvalue weighted by atomic mass is 15.2. The van der Waals surface area contributed by atoms with Crippen molar-refractivity contribution in [2.75, 3.05) is 0 Å². The Balaban J connectivity index is 2.05. The van der Waals surface area contributed by atoms with Crippen LogP contribution in [0.4, 0.5) is 0 Å². The topological polar surface area (TPSA) is 25.3 Å². The van der Waals surface area contributed by atoms with Crippen LogP contribution in [-0.2, 0) is 12.8 Å². The lowest BCUT2D eigenvalue weighted by Crippen LogP contribution is -2.04. The summed E-state index contributed by atoms with van der Waals surface area (Å²) in [4.78, 5) is 0. The molecule has 2 heteroatoms. The van der Waals surface area contributed by atoms with Gasteiger partial charge in [-0.3, -0.25) is 0 Å². The third-order valence-corrected chi connectivity index (χ3v) is 8.93. The van der Waals surface area contributed by atoms with Gasteiger partial charge in [0.15, 0.2) is 0 Å². The number of aryl methyl sites for hydroxylation is 4. The van der Waals surface area contributed by atoms with Gasteiger partial charge in [0.25, 0.3) is 0 Å². The van der Waals surface area contributed by atoms with E-state index in [1.54, 1.807) is 0 Å². The zero-order valence-corrected chi connectivity index (χ0v) is 29.1. The van der Waals surface area contributed by atoms with Gasteiger partial charge in [0.1, 0.15) is 5.57 Å². The molecule has 2 aromatic rings. The van der Waals surface area contributed by atoms with Crippen LogP contribution >= 0.6 is 0 Å². The Labute approximate surface area is 270 Å². The summed E-state index contributed by atoms with van der Waals surface area (Å²) in [5, 5.41) is 0. The number of rotatable bonds is 19. The number of benzene rings is 2. The predicted octanol–water partition coefficient (Wildman–Crippen LogP) is 12.9. The van der Waals surface area contributed by atoms with E-state index >= 15 is 0 Å². The summed E-state index contributed by atoms with van der Waals surface area (Å²) < 4.78 is 1.48. The number of unbranched alkanes of at least 4 members (excludes halogenated alkanes) is 12. The van der Waals surface area contributed by atoms with Gasteiger partial charge in [-0.15, -0.1) is 0 Å². The fourth-order valence-corrected chi connectivity index (χ4v) is 6.60. The van der Waals surface area contributed by atoms with E-state index in [0.717, 1.165) is 65.8 Å². The maximum atomic E-state index is 12.1. The fourth-order valence-electron chi connectivity index (χ4n) is 6.60. The number of allylic oxidation sites excluding steroid dienone is 2. The van der Waals surface area contributed by atoms with E-state index in [1.807, 2.05) is 0 Å². The summed E-state index contributed by atoms with van der Waals surface area (Å²) in [6.45, 7) is 13.3. The summed E-state index contributed by atoms with van der Waals surface area (Å²) >= 11 is 0. The first-order valence-corrected chi connectivity index (χ1v) is 18.1. The summed E-state index contributed by atoms with van der Waals surface area (Å²) in [5.41, 5.74) is 23.4. The zero-order chi connectivity index (χ0) is 31.7. The molecule has 0 amide bonds. The molecule has 3 rings (SSSR count). The quantitative estimate of drug-likeness (QED) is 0.0881. The number of hydrogen-bond donors (Lipinski definition) is 0. The van der Waals surface area contributed by atoms with Gasteiger partial charge in [-0.25, -0.2) is 4.70 Å². The highest BCUT2D eigenvalue weighted by molar-refractivity contribution is 5.85. The third kappa shape index (κ3) is 10.6. The first-order valence-electron chi connectivity index (χ1n) is 18.1. The van der Waals surface area contributed by atoms with Crippen LogP contribution in [-0.4, -0.2) is 4.70 Å². The summed E-state index contributed by atoms with van der Waals surface area (Å²) in [6.07, 6.45) is 21.6. The predicted molar refractivity (Wildman–Crippen MR) is 192 cm³/mol. The molecule has 1 aliphatic rings. The van der Waals surface area contributed by atoms with Crippen molar-refractivity contribution in [1.82, 2.24) is 0 Å². The van der Waals surface area contributed by atoms with Crippen LogP contribution in [0.2, 0.25) is 0 Å². The SMILES string of the molecule is CCCCCCCCC#CC1=C(c2cc(CCCCCC)cc(CCCCCC)c2)[N+](=[N-])C(c2cc(C)cc(C)c2)=C1CC. The van der Waals surface area contributed by atoms with E-state index in [-0.39, 0.29) is 0 Å². The lowest BCUT2D eigenvalue weighted by molar-refractivity contribution is -0.345. The molecular weight excluding hydrogens is 532 g/mol. The second-order valence-corrected chi connectivity index (χ2v) is 13.1. The molecule has 238 valence electrons. The molecule has 2 aromatic carbocycles. The minimum atomic E-state index is 0.824. The van der Waals surface area contributed by atoms with Crippen molar-refractivity contribution in [2.45, 2.75) is 157 Å². The molecule has 0 saturated heterocycles. The molecule has 0 saturated carbocycles. The van der Waals surface area contributed by atoms with Crippen LogP contribution in [0.15, 0.2) is 47.5 Å². The molecule has 0 bridgehead atoms. The first-order chi connectivity index (χ1) is 21.4. The van der Waals surface area contributed by atoms with E-state index in [2.05, 4.69) is 89.8 Å². The highest BCUT2D eigenvalue weighted by Crippen LogP contribution is 2.42. The lowest BCUT2D eigenvalue weighted by Gasteiger charge is -2.13. The Bertz CT molecular complexity index is 1290. The van der Waals surface area contributed by atoms with Crippen LogP contribution in [0.5, 0.6) is 0 Å². The molecule has 0 N–H and O–H groups in total. The van der Waals surface area contributed by atoms with Crippen molar-refractivity contribution in [3.8, 4) is 11.8 Å². The van der Waals surface area contributed by atoms with Crippen LogP contribution in [0, 0.1) is 25.7 Å². The fraction of sp³-hybridized carbons (Fsp3) is 0.571. The van der Waals surface area contributed by atoms with Crippen molar-refractivity contribution >= 4 is 11.4 Å². The minimum absolute atomic E-state index is 0.824. The maximum absolute atomic E-state index is 12.1. The Kier molecular flexibility index (Phi) is 15.7. The van der Waals surface area contributed by atoms with E-state index in [4.69, 9.17) is 0 Å². The van der Waals surface area contributed by atoms with E-state index in [0.29, 0.717) is 0 Å². The second kappa shape index (κ2) is 19.5. The van der Waals surface area contributed by atoms with E-state index in [1.165, 1.54) is 110 Å². The first kappa shape index (κ1) is 35.6. The van der Waals surface area contributed by atoms with Crippen LogP contribution in [0.1, 0.15) is 164 Å². The highest BCUT2D eigenvalue weighted by Gasteiger charge is 2.35. The van der Waals surface area contributed by atoms with Crippen molar-refractivity contribution in [3.63, 3.8) is 0 Å². The van der Waals surface area contributed by atoms with Crippen LogP contribution in [0.3, 0.4) is 0 Å².